The van der Waals surface area contributed by atoms with Crippen LogP contribution in [0.5, 0.6) is 11.5 Å². The second-order valence-corrected chi connectivity index (χ2v) is 9.59. The van der Waals surface area contributed by atoms with Crippen LogP contribution in [0.25, 0.3) is 5.76 Å². The Morgan fingerprint density at radius 2 is 2.03 bits per heavy atom. The van der Waals surface area contributed by atoms with Crippen LogP contribution in [0.15, 0.2) is 53.4 Å². The van der Waals surface area contributed by atoms with Crippen LogP contribution < -0.4 is 14.4 Å². The Labute approximate surface area is 206 Å². The number of amides is 1. The van der Waals surface area contributed by atoms with Gasteiger partial charge in [-0.1, -0.05) is 11.6 Å². The van der Waals surface area contributed by atoms with Crippen molar-refractivity contribution in [1.29, 1.82) is 0 Å². The number of ether oxygens (including phenoxy) is 2. The molecule has 174 valence electrons. The number of Topliss-reactive ketones (excluding diaryl/α,β-unsaturated/α-hetero) is 1. The fourth-order valence-electron chi connectivity index (χ4n) is 4.48. The predicted molar refractivity (Wildman–Crippen MR) is 132 cm³/mol. The van der Waals surface area contributed by atoms with Crippen molar-refractivity contribution in [3.8, 4) is 11.5 Å². The van der Waals surface area contributed by atoms with Crippen LogP contribution in [-0.2, 0) is 16.0 Å². The van der Waals surface area contributed by atoms with E-state index in [-0.39, 0.29) is 11.3 Å². The van der Waals surface area contributed by atoms with Crippen molar-refractivity contribution >= 4 is 46.1 Å². The molecule has 6 nitrogen and oxygen atoms in total. The van der Waals surface area contributed by atoms with E-state index in [0.29, 0.717) is 28.6 Å². The van der Waals surface area contributed by atoms with Gasteiger partial charge in [0.1, 0.15) is 23.3 Å². The van der Waals surface area contributed by atoms with E-state index in [1.807, 2.05) is 24.4 Å². The maximum Gasteiger partial charge on any atom is 0.300 e. The summed E-state index contributed by atoms with van der Waals surface area (Å²) in [7, 11) is 1.51. The quantitative estimate of drug-likeness (QED) is 0.287. The molecule has 0 aliphatic carbocycles. The summed E-state index contributed by atoms with van der Waals surface area (Å²) < 4.78 is 10.9. The van der Waals surface area contributed by atoms with E-state index < -0.39 is 17.7 Å². The zero-order valence-corrected chi connectivity index (χ0v) is 20.2. The normalized spacial score (nSPS) is 19.1. The monoisotopic (exact) mass is 495 g/mol. The number of halogens is 1. The number of hydrogen-bond donors (Lipinski definition) is 1. The van der Waals surface area contributed by atoms with Gasteiger partial charge in [-0.05, 0) is 78.7 Å². The Hall–Kier alpha value is -3.29. The topological polar surface area (TPSA) is 76.1 Å². The Kier molecular flexibility index (Phi) is 5.83. The van der Waals surface area contributed by atoms with Crippen molar-refractivity contribution in [1.82, 2.24) is 0 Å². The van der Waals surface area contributed by atoms with E-state index in [0.717, 1.165) is 34.6 Å². The minimum atomic E-state index is -0.781. The molecule has 5 rings (SSSR count). The van der Waals surface area contributed by atoms with Gasteiger partial charge >= 0.3 is 0 Å². The van der Waals surface area contributed by atoms with Gasteiger partial charge in [-0.25, -0.2) is 0 Å². The first-order valence-corrected chi connectivity index (χ1v) is 12.1. The van der Waals surface area contributed by atoms with Gasteiger partial charge in [0.15, 0.2) is 0 Å². The van der Waals surface area contributed by atoms with Gasteiger partial charge < -0.3 is 14.6 Å². The fraction of sp³-hybridized carbons (Fsp3) is 0.231. The van der Waals surface area contributed by atoms with Crippen LogP contribution in [0.2, 0.25) is 5.02 Å². The van der Waals surface area contributed by atoms with Gasteiger partial charge in [-0.15, -0.1) is 11.3 Å². The van der Waals surface area contributed by atoms with E-state index in [9.17, 15) is 14.7 Å². The second-order valence-electron chi connectivity index (χ2n) is 8.23. The number of aryl methyl sites for hydroxylation is 2. The third kappa shape index (κ3) is 3.65. The number of carbonyl (C=O) groups is 2. The molecule has 1 fully saturated rings. The van der Waals surface area contributed by atoms with Gasteiger partial charge in [0.25, 0.3) is 11.7 Å². The number of anilines is 1. The number of fused-ring (bicyclic) bond motifs is 1. The lowest BCUT2D eigenvalue weighted by Crippen LogP contribution is -2.29. The Bertz CT molecular complexity index is 1340. The lowest BCUT2D eigenvalue weighted by atomic mass is 9.96. The number of aliphatic hydroxyl groups is 1. The highest BCUT2D eigenvalue weighted by molar-refractivity contribution is 7.10. The van der Waals surface area contributed by atoms with Gasteiger partial charge in [-0.3, -0.25) is 14.5 Å². The molecule has 8 heteroatoms. The third-order valence-corrected chi connectivity index (χ3v) is 7.56. The van der Waals surface area contributed by atoms with Crippen molar-refractivity contribution < 1.29 is 24.2 Å². The number of thiophene rings is 1. The molecule has 1 unspecified atom stereocenters. The van der Waals surface area contributed by atoms with Gasteiger partial charge in [0, 0.05) is 16.1 Å². The van der Waals surface area contributed by atoms with Crippen LogP contribution >= 0.6 is 22.9 Å². The molecule has 3 heterocycles. The predicted octanol–water partition coefficient (Wildman–Crippen LogP) is 5.67. The number of hydrogen-bond acceptors (Lipinski definition) is 6. The van der Waals surface area contributed by atoms with Crippen molar-refractivity contribution in [2.75, 3.05) is 18.6 Å². The third-order valence-electron chi connectivity index (χ3n) is 6.19. The molecule has 1 amide bonds. The molecule has 0 saturated carbocycles. The highest BCUT2D eigenvalue weighted by atomic mass is 35.5. The van der Waals surface area contributed by atoms with Crippen molar-refractivity contribution in [3.05, 3.63) is 80.0 Å². The second kappa shape index (κ2) is 8.81. The zero-order valence-electron chi connectivity index (χ0n) is 18.6. The van der Waals surface area contributed by atoms with E-state index in [1.54, 1.807) is 30.3 Å². The van der Waals surface area contributed by atoms with Gasteiger partial charge in [0.2, 0.25) is 0 Å². The van der Waals surface area contributed by atoms with Crippen LogP contribution in [0.4, 0.5) is 5.69 Å². The molecule has 0 radical (unpaired) electrons. The molecule has 1 N–H and O–H groups in total. The first-order valence-electron chi connectivity index (χ1n) is 10.9. The number of nitrogens with zero attached hydrogens (tertiary/aromatic N) is 1. The highest BCUT2D eigenvalue weighted by Crippen LogP contribution is 2.46. The maximum atomic E-state index is 13.3. The summed E-state index contributed by atoms with van der Waals surface area (Å²) in [5.74, 6) is -0.423. The average Bonchev–Trinajstić information content (AvgIpc) is 3.38. The number of methoxy groups -OCH3 is 1. The minimum absolute atomic E-state index is 0.0548. The van der Waals surface area contributed by atoms with Crippen LogP contribution in [-0.4, -0.2) is 30.5 Å². The molecule has 1 atom stereocenters. The molecule has 2 aromatic carbocycles. The molecular formula is C26H22ClNO5S. The molecular weight excluding hydrogens is 474 g/mol. The number of aliphatic hydroxyl groups excluding tert-OH is 1. The van der Waals surface area contributed by atoms with Crippen molar-refractivity contribution in [2.45, 2.75) is 25.8 Å². The Morgan fingerprint density at radius 3 is 2.74 bits per heavy atom. The highest BCUT2D eigenvalue weighted by Gasteiger charge is 2.48. The van der Waals surface area contributed by atoms with Crippen LogP contribution in [0.1, 0.15) is 34.0 Å². The lowest BCUT2D eigenvalue weighted by Gasteiger charge is -2.25. The van der Waals surface area contributed by atoms with Crippen molar-refractivity contribution in [3.63, 3.8) is 0 Å². The molecule has 0 spiro atoms. The number of carbonyl (C=O) groups excluding carboxylic acids is 2. The maximum absolute atomic E-state index is 13.3. The number of rotatable bonds is 4. The molecule has 0 bridgehead atoms. The summed E-state index contributed by atoms with van der Waals surface area (Å²) in [4.78, 5) is 28.8. The fourth-order valence-corrected chi connectivity index (χ4v) is 5.76. The molecule has 1 aromatic heterocycles. The van der Waals surface area contributed by atoms with Gasteiger partial charge in [0.05, 0.1) is 24.3 Å². The summed E-state index contributed by atoms with van der Waals surface area (Å²) in [6.45, 7) is 2.58. The summed E-state index contributed by atoms with van der Waals surface area (Å²) in [6, 6.07) is 11.4. The van der Waals surface area contributed by atoms with Crippen LogP contribution in [0.3, 0.4) is 0 Å². The summed E-state index contributed by atoms with van der Waals surface area (Å²) in [6.07, 6.45) is 1.71. The lowest BCUT2D eigenvalue weighted by molar-refractivity contribution is -0.132. The number of benzene rings is 2. The van der Waals surface area contributed by atoms with Gasteiger partial charge in [-0.2, -0.15) is 0 Å². The summed E-state index contributed by atoms with van der Waals surface area (Å²) >= 11 is 7.77. The van der Waals surface area contributed by atoms with Crippen LogP contribution in [0, 0.1) is 6.92 Å². The van der Waals surface area contributed by atoms with E-state index in [4.69, 9.17) is 21.1 Å². The molecule has 2 aliphatic rings. The first-order chi connectivity index (χ1) is 16.4. The van der Waals surface area contributed by atoms with E-state index in [2.05, 4.69) is 0 Å². The Morgan fingerprint density at radius 1 is 1.21 bits per heavy atom. The van der Waals surface area contributed by atoms with E-state index >= 15 is 0 Å². The summed E-state index contributed by atoms with van der Waals surface area (Å²) in [5, 5.41) is 13.6. The summed E-state index contributed by atoms with van der Waals surface area (Å²) in [5.41, 5.74) is 2.87. The minimum Gasteiger partial charge on any atom is -0.507 e. The van der Waals surface area contributed by atoms with Crippen molar-refractivity contribution in [2.24, 2.45) is 0 Å². The molecule has 2 aliphatic heterocycles. The Balaban J connectivity index is 1.69. The zero-order chi connectivity index (χ0) is 24.0. The molecule has 3 aromatic rings. The average molecular weight is 496 g/mol. The molecule has 1 saturated heterocycles. The SMILES string of the molecule is COc1ccc(N2C(=O)C(=O)/C(=C(\O)c3ccc4c(c3)CCCO4)C2c2sccc2C)cc1Cl. The number of ketones is 1. The molecule has 34 heavy (non-hydrogen) atoms. The standard InChI is InChI=1S/C26H22ClNO5S/c1-14-9-11-34-25(14)22-21(23(29)16-5-7-19-15(12-16)4-3-10-33-19)24(30)26(31)28(22)17-6-8-20(32-2)18(27)13-17/h5-9,11-13,22,29H,3-4,10H2,1-2H3/b23-21-. The largest absolute Gasteiger partial charge is 0.507 e. The smallest absolute Gasteiger partial charge is 0.300 e. The van der Waals surface area contributed by atoms with E-state index in [1.165, 1.54) is 23.3 Å². The first kappa shape index (κ1) is 22.5.